The number of benzene rings is 2. The summed E-state index contributed by atoms with van der Waals surface area (Å²) in [4.78, 5) is 12.3. The second kappa shape index (κ2) is 9.62. The van der Waals surface area contributed by atoms with E-state index in [0.29, 0.717) is 21.7 Å². The van der Waals surface area contributed by atoms with E-state index in [1.165, 1.54) is 22.0 Å². The van der Waals surface area contributed by atoms with Crippen LogP contribution in [0.2, 0.25) is 5.02 Å². The minimum Gasteiger partial charge on any atom is -0.486 e. The number of carbonyl (C=O) groups excluding carboxylic acids is 1. The molecule has 0 aliphatic heterocycles. The summed E-state index contributed by atoms with van der Waals surface area (Å²) in [6.07, 6.45) is 0. The highest BCUT2D eigenvalue weighted by Crippen LogP contribution is 2.25. The number of carbonyl (C=O) groups is 1. The molecule has 0 fully saturated rings. The van der Waals surface area contributed by atoms with Gasteiger partial charge in [-0.3, -0.25) is 4.79 Å². The molecule has 1 aromatic heterocycles. The van der Waals surface area contributed by atoms with E-state index in [2.05, 4.69) is 36.3 Å². The molecule has 3 aromatic rings. The molecule has 9 heteroatoms. The minimum absolute atomic E-state index is 0.0832. The molecule has 0 radical (unpaired) electrons. The molecule has 0 unspecified atom stereocenters. The van der Waals surface area contributed by atoms with Gasteiger partial charge in [-0.05, 0) is 47.7 Å². The number of hydrogen-bond acceptors (Lipinski definition) is 6. The molecule has 1 amide bonds. The van der Waals surface area contributed by atoms with Crippen LogP contribution in [0.4, 0.5) is 5.69 Å². The van der Waals surface area contributed by atoms with E-state index < -0.39 is 0 Å². The number of nitrogens with two attached hydrogens (primary N) is 1. The summed E-state index contributed by atoms with van der Waals surface area (Å²) in [7, 11) is 0. The number of anilines is 1. The number of halogens is 1. The van der Waals surface area contributed by atoms with Crippen molar-refractivity contribution >= 4 is 35.0 Å². The molecule has 0 saturated carbocycles. The van der Waals surface area contributed by atoms with Crippen molar-refractivity contribution in [3.05, 3.63) is 64.4 Å². The van der Waals surface area contributed by atoms with Crippen LogP contribution in [-0.2, 0) is 16.8 Å². The Labute approximate surface area is 191 Å². The van der Waals surface area contributed by atoms with E-state index in [-0.39, 0.29) is 23.7 Å². The lowest BCUT2D eigenvalue weighted by Crippen LogP contribution is -2.18. The molecule has 0 spiro atoms. The highest BCUT2D eigenvalue weighted by molar-refractivity contribution is 7.99. The molecule has 0 aliphatic carbocycles. The van der Waals surface area contributed by atoms with Crippen molar-refractivity contribution in [3.8, 4) is 5.75 Å². The number of ether oxygens (including phenoxy) is 1. The summed E-state index contributed by atoms with van der Waals surface area (Å²) >= 11 is 7.28. The third kappa shape index (κ3) is 5.92. The lowest BCUT2D eigenvalue weighted by molar-refractivity contribution is -0.113. The lowest BCUT2D eigenvalue weighted by Gasteiger charge is -2.19. The monoisotopic (exact) mass is 459 g/mol. The van der Waals surface area contributed by atoms with Gasteiger partial charge in [-0.25, -0.2) is 4.68 Å². The minimum atomic E-state index is -0.185. The first kappa shape index (κ1) is 23.0. The topological polar surface area (TPSA) is 95.1 Å². The first-order valence-corrected chi connectivity index (χ1v) is 11.1. The van der Waals surface area contributed by atoms with E-state index >= 15 is 0 Å². The van der Waals surface area contributed by atoms with E-state index in [4.69, 9.17) is 22.2 Å². The zero-order valence-electron chi connectivity index (χ0n) is 18.0. The smallest absolute Gasteiger partial charge is 0.234 e. The van der Waals surface area contributed by atoms with E-state index in [0.717, 1.165) is 11.3 Å². The Kier molecular flexibility index (Phi) is 7.12. The summed E-state index contributed by atoms with van der Waals surface area (Å²) in [6, 6.07) is 13.3. The number of nitrogens with zero attached hydrogens (tertiary/aromatic N) is 3. The Balaban J connectivity index is 1.54. The van der Waals surface area contributed by atoms with Crippen molar-refractivity contribution in [2.24, 2.45) is 0 Å². The van der Waals surface area contributed by atoms with Gasteiger partial charge in [0, 0.05) is 10.7 Å². The van der Waals surface area contributed by atoms with Gasteiger partial charge in [0.05, 0.1) is 5.75 Å². The fraction of sp³-hybridized carbons (Fsp3) is 0.318. The number of aromatic nitrogens is 3. The molecule has 164 valence electrons. The molecule has 31 heavy (non-hydrogen) atoms. The Morgan fingerprint density at radius 3 is 2.58 bits per heavy atom. The van der Waals surface area contributed by atoms with Crippen LogP contribution in [0.1, 0.15) is 37.7 Å². The summed E-state index contributed by atoms with van der Waals surface area (Å²) in [5, 5.41) is 12.0. The normalized spacial score (nSPS) is 11.4. The Bertz CT molecular complexity index is 1060. The van der Waals surface area contributed by atoms with Crippen LogP contribution in [-0.4, -0.2) is 26.5 Å². The number of nitrogen functional groups attached to an aromatic ring is 1. The largest absolute Gasteiger partial charge is 0.486 e. The average Bonchev–Trinajstić information content (AvgIpc) is 3.07. The standard InChI is InChI=1S/C22H26ClN5O2S/c1-14-17(23)6-5-7-18(14)25-20(29)13-31-21-27-26-19(28(21)24)12-30-16-10-8-15(9-11-16)22(2,3)4/h5-11H,12-13,24H2,1-4H3,(H,25,29). The fourth-order valence-corrected chi connectivity index (χ4v) is 3.61. The Hall–Kier alpha value is -2.71. The third-order valence-electron chi connectivity index (χ3n) is 4.70. The van der Waals surface area contributed by atoms with Crippen molar-refractivity contribution in [1.29, 1.82) is 0 Å². The zero-order chi connectivity index (χ0) is 22.6. The van der Waals surface area contributed by atoms with Crippen LogP contribution >= 0.6 is 23.4 Å². The van der Waals surface area contributed by atoms with Crippen LogP contribution in [0.15, 0.2) is 47.6 Å². The lowest BCUT2D eigenvalue weighted by atomic mass is 9.87. The van der Waals surface area contributed by atoms with Crippen molar-refractivity contribution in [1.82, 2.24) is 14.9 Å². The maximum atomic E-state index is 12.3. The van der Waals surface area contributed by atoms with Gasteiger partial charge in [0.2, 0.25) is 11.1 Å². The van der Waals surface area contributed by atoms with Gasteiger partial charge in [-0.2, -0.15) is 0 Å². The van der Waals surface area contributed by atoms with Crippen LogP contribution in [0, 0.1) is 6.92 Å². The first-order chi connectivity index (χ1) is 14.6. The molecule has 3 N–H and O–H groups in total. The SMILES string of the molecule is Cc1c(Cl)cccc1NC(=O)CSc1nnc(COc2ccc(C(C)(C)C)cc2)n1N. The maximum absolute atomic E-state index is 12.3. The molecule has 0 bridgehead atoms. The van der Waals surface area contributed by atoms with Crippen LogP contribution < -0.4 is 15.9 Å². The van der Waals surface area contributed by atoms with Crippen molar-refractivity contribution in [2.45, 2.75) is 44.9 Å². The van der Waals surface area contributed by atoms with Crippen LogP contribution in [0.5, 0.6) is 5.75 Å². The van der Waals surface area contributed by atoms with Gasteiger partial charge >= 0.3 is 0 Å². The van der Waals surface area contributed by atoms with Crippen molar-refractivity contribution in [2.75, 3.05) is 16.9 Å². The molecule has 0 atom stereocenters. The molecule has 2 aromatic carbocycles. The van der Waals surface area contributed by atoms with Gasteiger partial charge < -0.3 is 15.9 Å². The zero-order valence-corrected chi connectivity index (χ0v) is 19.5. The number of rotatable bonds is 7. The second-order valence-corrected chi connectivity index (χ2v) is 9.43. The number of amides is 1. The van der Waals surface area contributed by atoms with Gasteiger partial charge in [-0.1, -0.05) is 62.3 Å². The van der Waals surface area contributed by atoms with Crippen LogP contribution in [0.25, 0.3) is 0 Å². The maximum Gasteiger partial charge on any atom is 0.234 e. The third-order valence-corrected chi connectivity index (χ3v) is 6.05. The van der Waals surface area contributed by atoms with Crippen molar-refractivity contribution in [3.63, 3.8) is 0 Å². The highest BCUT2D eigenvalue weighted by atomic mass is 35.5. The molecule has 1 heterocycles. The predicted octanol–water partition coefficient (Wildman–Crippen LogP) is 4.56. The summed E-state index contributed by atoms with van der Waals surface area (Å²) < 4.78 is 7.12. The van der Waals surface area contributed by atoms with Crippen LogP contribution in [0.3, 0.4) is 0 Å². The predicted molar refractivity (Wildman–Crippen MR) is 125 cm³/mol. The summed E-state index contributed by atoms with van der Waals surface area (Å²) in [5.74, 6) is 7.21. The molecule has 3 rings (SSSR count). The number of nitrogens with one attached hydrogen (secondary N) is 1. The van der Waals surface area contributed by atoms with E-state index in [1.807, 2.05) is 31.2 Å². The molecule has 0 saturated heterocycles. The molecular formula is C22H26ClN5O2S. The van der Waals surface area contributed by atoms with E-state index in [9.17, 15) is 4.79 Å². The van der Waals surface area contributed by atoms with E-state index in [1.54, 1.807) is 18.2 Å². The van der Waals surface area contributed by atoms with Gasteiger partial charge in [0.25, 0.3) is 0 Å². The fourth-order valence-electron chi connectivity index (χ4n) is 2.76. The number of hydrogen-bond donors (Lipinski definition) is 2. The molecule has 0 aliphatic rings. The van der Waals surface area contributed by atoms with Gasteiger partial charge in [0.1, 0.15) is 12.4 Å². The highest BCUT2D eigenvalue weighted by Gasteiger charge is 2.15. The Morgan fingerprint density at radius 1 is 1.19 bits per heavy atom. The molecular weight excluding hydrogens is 434 g/mol. The molecule has 7 nitrogen and oxygen atoms in total. The first-order valence-electron chi connectivity index (χ1n) is 9.75. The quantitative estimate of drug-likeness (QED) is 0.397. The summed E-state index contributed by atoms with van der Waals surface area (Å²) in [6.45, 7) is 8.51. The summed E-state index contributed by atoms with van der Waals surface area (Å²) in [5.41, 5.74) is 2.81. The van der Waals surface area contributed by atoms with Crippen molar-refractivity contribution < 1.29 is 9.53 Å². The number of thioether (sulfide) groups is 1. The Morgan fingerprint density at radius 2 is 1.90 bits per heavy atom. The van der Waals surface area contributed by atoms with Gasteiger partial charge in [-0.15, -0.1) is 10.2 Å². The second-order valence-electron chi connectivity index (χ2n) is 8.08. The van der Waals surface area contributed by atoms with Gasteiger partial charge in [0.15, 0.2) is 5.82 Å². The average molecular weight is 460 g/mol.